The van der Waals surface area contributed by atoms with Crippen LogP contribution in [0.1, 0.15) is 26.7 Å². The van der Waals surface area contributed by atoms with Crippen LogP contribution in [0.3, 0.4) is 0 Å². The summed E-state index contributed by atoms with van der Waals surface area (Å²) in [4.78, 5) is 0. The van der Waals surface area contributed by atoms with Gasteiger partial charge in [0.1, 0.15) is 0 Å². The molecule has 1 aliphatic rings. The van der Waals surface area contributed by atoms with E-state index in [4.69, 9.17) is 0 Å². The molecule has 90 valence electrons. The fourth-order valence-electron chi connectivity index (χ4n) is 2.18. The molecule has 0 saturated heterocycles. The summed E-state index contributed by atoms with van der Waals surface area (Å²) in [7, 11) is 0.0753. The van der Waals surface area contributed by atoms with Crippen molar-refractivity contribution in [3.05, 3.63) is 53.6 Å². The third-order valence-corrected chi connectivity index (χ3v) is 5.57. The molecule has 0 bridgehead atoms. The highest BCUT2D eigenvalue weighted by Crippen LogP contribution is 2.42. The summed E-state index contributed by atoms with van der Waals surface area (Å²) < 4.78 is 0. The fraction of sp³-hybridized carbons (Fsp3) is 0.375. The highest BCUT2D eigenvalue weighted by molar-refractivity contribution is 7.66. The first-order valence-electron chi connectivity index (χ1n) is 6.37. The number of hydrogen-bond acceptors (Lipinski definition) is 0. The van der Waals surface area contributed by atoms with E-state index in [0.717, 1.165) is 0 Å². The minimum Gasteiger partial charge on any atom is -0.0856 e. The Hall–Kier alpha value is -0.870. The Labute approximate surface area is 106 Å². The summed E-state index contributed by atoms with van der Waals surface area (Å²) in [5.41, 5.74) is 3.12. The molecule has 0 radical (unpaired) electrons. The minimum atomic E-state index is 0.0753. The molecule has 0 saturated carbocycles. The number of hydrogen-bond donors (Lipinski definition) is 0. The highest BCUT2D eigenvalue weighted by Gasteiger charge is 2.17. The van der Waals surface area contributed by atoms with Crippen molar-refractivity contribution < 1.29 is 0 Å². The van der Waals surface area contributed by atoms with Crippen LogP contribution in [-0.4, -0.2) is 12.3 Å². The van der Waals surface area contributed by atoms with Crippen LogP contribution < -0.4 is 5.30 Å². The van der Waals surface area contributed by atoms with Gasteiger partial charge < -0.3 is 0 Å². The molecule has 0 aromatic heterocycles. The molecule has 0 fully saturated rings. The van der Waals surface area contributed by atoms with Crippen molar-refractivity contribution in [1.82, 2.24) is 0 Å². The third-order valence-electron chi connectivity index (χ3n) is 3.13. The molecule has 1 aliphatic heterocycles. The van der Waals surface area contributed by atoms with Crippen molar-refractivity contribution in [3.63, 3.8) is 0 Å². The monoisotopic (exact) mass is 244 g/mol. The van der Waals surface area contributed by atoms with Gasteiger partial charge in [0.25, 0.3) is 0 Å². The number of benzene rings is 1. The predicted molar refractivity (Wildman–Crippen MR) is 79.5 cm³/mol. The Morgan fingerprint density at radius 1 is 1.24 bits per heavy atom. The van der Waals surface area contributed by atoms with Crippen molar-refractivity contribution in [2.75, 3.05) is 12.3 Å². The quantitative estimate of drug-likeness (QED) is 0.541. The van der Waals surface area contributed by atoms with Gasteiger partial charge in [-0.05, 0) is 44.3 Å². The maximum absolute atomic E-state index is 2.48. The van der Waals surface area contributed by atoms with Crippen molar-refractivity contribution >= 4 is 13.2 Å². The maximum atomic E-state index is 2.48. The fourth-order valence-corrected chi connectivity index (χ4v) is 4.55. The van der Waals surface area contributed by atoms with Crippen LogP contribution in [0.15, 0.2) is 53.6 Å². The van der Waals surface area contributed by atoms with E-state index in [0.29, 0.717) is 0 Å². The Balaban J connectivity index is 1.85. The topological polar surface area (TPSA) is 0 Å². The van der Waals surface area contributed by atoms with Gasteiger partial charge >= 0.3 is 0 Å². The molecule has 1 aromatic rings. The average Bonchev–Trinajstić information content (AvgIpc) is 2.78. The van der Waals surface area contributed by atoms with Gasteiger partial charge in [-0.25, -0.2) is 0 Å². The summed E-state index contributed by atoms with van der Waals surface area (Å²) in [6, 6.07) is 11.0. The van der Waals surface area contributed by atoms with Gasteiger partial charge in [0.2, 0.25) is 0 Å². The van der Waals surface area contributed by atoms with Gasteiger partial charge in [-0.1, -0.05) is 61.6 Å². The van der Waals surface area contributed by atoms with E-state index in [1.807, 2.05) is 0 Å². The van der Waals surface area contributed by atoms with Gasteiger partial charge in [0.15, 0.2) is 0 Å². The van der Waals surface area contributed by atoms with Gasteiger partial charge in [0.05, 0.1) is 0 Å². The summed E-state index contributed by atoms with van der Waals surface area (Å²) in [6.45, 7) is 4.36. The van der Waals surface area contributed by atoms with E-state index in [-0.39, 0.29) is 7.92 Å². The average molecular weight is 244 g/mol. The zero-order chi connectivity index (χ0) is 12.1. The minimum absolute atomic E-state index is 0.0753. The molecule has 1 heteroatoms. The molecule has 0 spiro atoms. The van der Waals surface area contributed by atoms with Crippen LogP contribution in [0.5, 0.6) is 0 Å². The van der Waals surface area contributed by atoms with Crippen molar-refractivity contribution in [3.8, 4) is 0 Å². The summed E-state index contributed by atoms with van der Waals surface area (Å²) in [5.74, 6) is 0. The van der Waals surface area contributed by atoms with Gasteiger partial charge in [-0.2, -0.15) is 0 Å². The largest absolute Gasteiger partial charge is 0.0856 e. The lowest BCUT2D eigenvalue weighted by atomic mass is 10.1. The van der Waals surface area contributed by atoms with Crippen LogP contribution in [0.4, 0.5) is 0 Å². The van der Waals surface area contributed by atoms with E-state index in [9.17, 15) is 0 Å². The van der Waals surface area contributed by atoms with Gasteiger partial charge in [-0.3, -0.25) is 0 Å². The van der Waals surface area contributed by atoms with E-state index in [1.54, 1.807) is 10.9 Å². The Kier molecular flexibility index (Phi) is 4.57. The molecular weight excluding hydrogens is 223 g/mol. The predicted octanol–water partition coefficient (Wildman–Crippen LogP) is 4.48. The summed E-state index contributed by atoms with van der Waals surface area (Å²) in [6.07, 6.45) is 9.93. The Morgan fingerprint density at radius 2 is 2.00 bits per heavy atom. The van der Waals surface area contributed by atoms with Crippen molar-refractivity contribution in [1.29, 1.82) is 0 Å². The SMILES string of the molecule is CC(C)=CCCC1=CCP(c2ccccc2)C1. The molecule has 1 unspecified atom stereocenters. The zero-order valence-corrected chi connectivity index (χ0v) is 11.7. The van der Waals surface area contributed by atoms with Crippen LogP contribution in [0.25, 0.3) is 0 Å². The summed E-state index contributed by atoms with van der Waals surface area (Å²) in [5, 5.41) is 1.57. The van der Waals surface area contributed by atoms with Gasteiger partial charge in [0, 0.05) is 0 Å². The molecule has 1 heterocycles. The molecule has 1 atom stereocenters. The second kappa shape index (κ2) is 6.17. The molecule has 1 aromatic carbocycles. The first-order chi connectivity index (χ1) is 8.25. The van der Waals surface area contributed by atoms with Gasteiger partial charge in [-0.15, -0.1) is 0 Å². The first-order valence-corrected chi connectivity index (χ1v) is 8.08. The second-order valence-electron chi connectivity index (χ2n) is 4.90. The first kappa shape index (κ1) is 12.6. The number of allylic oxidation sites excluding steroid dienone is 4. The maximum Gasteiger partial charge on any atom is -0.00711 e. The Morgan fingerprint density at radius 3 is 2.71 bits per heavy atom. The van der Waals surface area contributed by atoms with Crippen LogP contribution in [0, 0.1) is 0 Å². The molecular formula is C16H21P. The van der Waals surface area contributed by atoms with E-state index < -0.39 is 0 Å². The lowest BCUT2D eigenvalue weighted by molar-refractivity contribution is 0.973. The standard InChI is InChI=1S/C16H21P/c1-14(2)7-6-8-15-11-12-17(13-15)16-9-4-3-5-10-16/h3-5,7,9-11H,6,8,12-13H2,1-2H3. The molecule has 0 amide bonds. The smallest absolute Gasteiger partial charge is 0.00711 e. The van der Waals surface area contributed by atoms with Crippen LogP contribution >= 0.6 is 7.92 Å². The third kappa shape index (κ3) is 3.82. The molecule has 17 heavy (non-hydrogen) atoms. The summed E-state index contributed by atoms with van der Waals surface area (Å²) >= 11 is 0. The Bertz CT molecular complexity index is 410. The van der Waals surface area contributed by atoms with E-state index in [1.165, 1.54) is 30.7 Å². The molecule has 0 aliphatic carbocycles. The second-order valence-corrected chi connectivity index (χ2v) is 7.18. The number of rotatable bonds is 4. The van der Waals surface area contributed by atoms with Crippen molar-refractivity contribution in [2.24, 2.45) is 0 Å². The zero-order valence-electron chi connectivity index (χ0n) is 10.8. The lowest BCUT2D eigenvalue weighted by Gasteiger charge is -2.11. The normalized spacial score (nSPS) is 18.9. The van der Waals surface area contributed by atoms with Crippen LogP contribution in [-0.2, 0) is 0 Å². The van der Waals surface area contributed by atoms with Crippen LogP contribution in [0.2, 0.25) is 0 Å². The van der Waals surface area contributed by atoms with E-state index in [2.05, 4.69) is 56.3 Å². The lowest BCUT2D eigenvalue weighted by Crippen LogP contribution is -2.01. The highest BCUT2D eigenvalue weighted by atomic mass is 31.1. The molecule has 2 rings (SSSR count). The van der Waals surface area contributed by atoms with Crippen molar-refractivity contribution in [2.45, 2.75) is 26.7 Å². The van der Waals surface area contributed by atoms with E-state index >= 15 is 0 Å². The molecule has 0 nitrogen and oxygen atoms in total. The molecule has 0 N–H and O–H groups in total.